The molecular weight excluding hydrogens is 274 g/mol. The van der Waals surface area contributed by atoms with Crippen LogP contribution in [0.2, 0.25) is 0 Å². The first-order chi connectivity index (χ1) is 8.95. The van der Waals surface area contributed by atoms with Crippen molar-refractivity contribution in [1.82, 2.24) is 10.3 Å². The second-order valence-corrected chi connectivity index (χ2v) is 8.14. The number of nitrogens with zero attached hydrogens (tertiary/aromatic N) is 2. The lowest BCUT2D eigenvalue weighted by Crippen LogP contribution is -2.46. The SMILES string of the molecule is Cc1nc(CCN=C2NC(C(C)(C)C)CCS2)cs1. The Kier molecular flexibility index (Phi) is 4.90. The molecule has 0 saturated carbocycles. The zero-order chi connectivity index (χ0) is 13.9. The van der Waals surface area contributed by atoms with E-state index in [-0.39, 0.29) is 0 Å². The maximum atomic E-state index is 4.68. The summed E-state index contributed by atoms with van der Waals surface area (Å²) < 4.78 is 0. The van der Waals surface area contributed by atoms with Crippen molar-refractivity contribution >= 4 is 28.3 Å². The Hall–Kier alpha value is -0.550. The first-order valence-corrected chi connectivity index (χ1v) is 8.66. The van der Waals surface area contributed by atoms with Gasteiger partial charge in [0.1, 0.15) is 0 Å². The maximum Gasteiger partial charge on any atom is 0.156 e. The van der Waals surface area contributed by atoms with Crippen LogP contribution in [0.25, 0.3) is 0 Å². The van der Waals surface area contributed by atoms with Crippen LogP contribution in [0.15, 0.2) is 10.4 Å². The maximum absolute atomic E-state index is 4.68. The van der Waals surface area contributed by atoms with Gasteiger partial charge in [-0.2, -0.15) is 0 Å². The molecule has 0 bridgehead atoms. The number of aliphatic imine (C=N–C) groups is 1. The van der Waals surface area contributed by atoms with Gasteiger partial charge >= 0.3 is 0 Å². The average molecular weight is 297 g/mol. The molecule has 2 heterocycles. The highest BCUT2D eigenvalue weighted by atomic mass is 32.2. The van der Waals surface area contributed by atoms with E-state index in [0.29, 0.717) is 11.5 Å². The van der Waals surface area contributed by atoms with Gasteiger partial charge < -0.3 is 5.32 Å². The third-order valence-corrected chi connectivity index (χ3v) is 5.06. The van der Waals surface area contributed by atoms with E-state index >= 15 is 0 Å². The van der Waals surface area contributed by atoms with Gasteiger partial charge in [0.05, 0.1) is 10.7 Å². The largest absolute Gasteiger partial charge is 0.362 e. The fourth-order valence-electron chi connectivity index (χ4n) is 2.07. The van der Waals surface area contributed by atoms with Crippen molar-refractivity contribution in [3.8, 4) is 0 Å². The van der Waals surface area contributed by atoms with E-state index in [4.69, 9.17) is 0 Å². The summed E-state index contributed by atoms with van der Waals surface area (Å²) >= 11 is 3.56. The van der Waals surface area contributed by atoms with Crippen LogP contribution in [-0.2, 0) is 6.42 Å². The Morgan fingerprint density at radius 2 is 2.26 bits per heavy atom. The van der Waals surface area contributed by atoms with Crippen LogP contribution < -0.4 is 5.32 Å². The Bertz CT molecular complexity index is 446. The van der Waals surface area contributed by atoms with Gasteiger partial charge in [0.25, 0.3) is 0 Å². The van der Waals surface area contributed by atoms with Crippen LogP contribution in [0.1, 0.15) is 37.9 Å². The molecule has 1 aromatic rings. The second-order valence-electron chi connectivity index (χ2n) is 5.99. The zero-order valence-electron chi connectivity index (χ0n) is 12.2. The lowest BCUT2D eigenvalue weighted by molar-refractivity contribution is 0.290. The normalized spacial score (nSPS) is 22.5. The van der Waals surface area contributed by atoms with E-state index in [9.17, 15) is 0 Å². The molecule has 1 atom stereocenters. The van der Waals surface area contributed by atoms with Crippen LogP contribution in [0.4, 0.5) is 0 Å². The lowest BCUT2D eigenvalue weighted by Gasteiger charge is -2.35. The molecule has 1 aliphatic rings. The molecule has 106 valence electrons. The molecule has 0 radical (unpaired) electrons. The van der Waals surface area contributed by atoms with Crippen molar-refractivity contribution in [2.75, 3.05) is 12.3 Å². The molecule has 0 spiro atoms. The third-order valence-electron chi connectivity index (χ3n) is 3.28. The van der Waals surface area contributed by atoms with E-state index < -0.39 is 0 Å². The Morgan fingerprint density at radius 3 is 2.89 bits per heavy atom. The van der Waals surface area contributed by atoms with Crippen molar-refractivity contribution in [1.29, 1.82) is 0 Å². The number of rotatable bonds is 3. The average Bonchev–Trinajstić information content (AvgIpc) is 2.74. The molecule has 0 aromatic carbocycles. The number of thioether (sulfide) groups is 1. The van der Waals surface area contributed by atoms with Crippen molar-refractivity contribution in [2.24, 2.45) is 10.4 Å². The highest BCUT2D eigenvalue weighted by molar-refractivity contribution is 8.13. The van der Waals surface area contributed by atoms with E-state index in [1.54, 1.807) is 11.3 Å². The van der Waals surface area contributed by atoms with E-state index in [0.717, 1.165) is 23.1 Å². The van der Waals surface area contributed by atoms with Gasteiger partial charge in [0.2, 0.25) is 0 Å². The summed E-state index contributed by atoms with van der Waals surface area (Å²) in [6.45, 7) is 9.74. The monoisotopic (exact) mass is 297 g/mol. The Balaban J connectivity index is 1.85. The second kappa shape index (κ2) is 6.27. The summed E-state index contributed by atoms with van der Waals surface area (Å²) in [6.07, 6.45) is 2.16. The number of aromatic nitrogens is 1. The molecule has 1 N–H and O–H groups in total. The first kappa shape index (κ1) is 14.9. The van der Waals surface area contributed by atoms with Gasteiger partial charge in [-0.05, 0) is 18.8 Å². The summed E-state index contributed by atoms with van der Waals surface area (Å²) in [6, 6.07) is 0.536. The van der Waals surface area contributed by atoms with Crippen LogP contribution in [0, 0.1) is 12.3 Å². The molecule has 0 amide bonds. The number of aryl methyl sites for hydroxylation is 1. The molecule has 1 aromatic heterocycles. The van der Waals surface area contributed by atoms with Crippen LogP contribution in [0.5, 0.6) is 0 Å². The predicted octanol–water partition coefficient (Wildman–Crippen LogP) is 3.49. The van der Waals surface area contributed by atoms with E-state index in [1.807, 2.05) is 18.7 Å². The summed E-state index contributed by atoms with van der Waals surface area (Å²) in [5.41, 5.74) is 1.47. The van der Waals surface area contributed by atoms with Crippen molar-refractivity contribution in [2.45, 2.75) is 46.6 Å². The quantitative estimate of drug-likeness (QED) is 0.928. The van der Waals surface area contributed by atoms with Crippen molar-refractivity contribution < 1.29 is 0 Å². The van der Waals surface area contributed by atoms with Crippen LogP contribution in [-0.4, -0.2) is 28.5 Å². The standard InChI is InChI=1S/C14H23N3S2/c1-10-16-11(9-19-10)5-7-15-13-17-12(6-8-18-13)14(2,3)4/h9,12H,5-8H2,1-4H3,(H,15,17). The zero-order valence-corrected chi connectivity index (χ0v) is 13.8. The molecular formula is C14H23N3S2. The predicted molar refractivity (Wildman–Crippen MR) is 86.3 cm³/mol. The Morgan fingerprint density at radius 1 is 1.47 bits per heavy atom. The number of amidine groups is 1. The molecule has 5 heteroatoms. The van der Waals surface area contributed by atoms with Gasteiger partial charge in [0, 0.05) is 30.1 Å². The van der Waals surface area contributed by atoms with Gasteiger partial charge in [-0.3, -0.25) is 4.99 Å². The number of hydrogen-bond donors (Lipinski definition) is 1. The smallest absolute Gasteiger partial charge is 0.156 e. The highest BCUT2D eigenvalue weighted by Crippen LogP contribution is 2.27. The number of hydrogen-bond acceptors (Lipinski definition) is 4. The summed E-state index contributed by atoms with van der Waals surface area (Å²) in [5.74, 6) is 1.17. The summed E-state index contributed by atoms with van der Waals surface area (Å²) in [4.78, 5) is 9.15. The molecule has 1 saturated heterocycles. The molecule has 0 aliphatic carbocycles. The highest BCUT2D eigenvalue weighted by Gasteiger charge is 2.28. The summed E-state index contributed by atoms with van der Waals surface area (Å²) in [5, 5.41) is 7.96. The minimum atomic E-state index is 0.299. The molecule has 19 heavy (non-hydrogen) atoms. The van der Waals surface area contributed by atoms with E-state index in [1.165, 1.54) is 17.9 Å². The fraction of sp³-hybridized carbons (Fsp3) is 0.714. The molecule has 1 aliphatic heterocycles. The summed E-state index contributed by atoms with van der Waals surface area (Å²) in [7, 11) is 0. The molecule has 1 fully saturated rings. The lowest BCUT2D eigenvalue weighted by atomic mass is 9.85. The number of thiazole rings is 1. The van der Waals surface area contributed by atoms with E-state index in [2.05, 4.69) is 41.4 Å². The van der Waals surface area contributed by atoms with Gasteiger partial charge in [-0.1, -0.05) is 32.5 Å². The van der Waals surface area contributed by atoms with Gasteiger partial charge in [-0.15, -0.1) is 11.3 Å². The fourth-order valence-corrected chi connectivity index (χ4v) is 3.67. The third kappa shape index (κ3) is 4.49. The van der Waals surface area contributed by atoms with Gasteiger partial charge in [0.15, 0.2) is 5.17 Å². The number of nitrogens with one attached hydrogen (secondary N) is 1. The van der Waals surface area contributed by atoms with Crippen LogP contribution >= 0.6 is 23.1 Å². The van der Waals surface area contributed by atoms with Crippen LogP contribution in [0.3, 0.4) is 0 Å². The van der Waals surface area contributed by atoms with Crippen molar-refractivity contribution in [3.05, 3.63) is 16.1 Å². The molecule has 3 nitrogen and oxygen atoms in total. The van der Waals surface area contributed by atoms with Gasteiger partial charge in [-0.25, -0.2) is 4.98 Å². The van der Waals surface area contributed by atoms with Crippen molar-refractivity contribution in [3.63, 3.8) is 0 Å². The molecule has 1 unspecified atom stereocenters. The minimum Gasteiger partial charge on any atom is -0.362 e. The first-order valence-electron chi connectivity index (χ1n) is 6.80. The minimum absolute atomic E-state index is 0.299. The molecule has 2 rings (SSSR count). The topological polar surface area (TPSA) is 37.3 Å². The Labute approximate surface area is 124 Å².